The number of nitrogen functional groups attached to an aromatic ring is 1. The average Bonchev–Trinajstić information content (AvgIpc) is 2.38. The average molecular weight is 334 g/mol. The molecule has 7 heteroatoms. The molecule has 0 aromatic heterocycles. The number of alkyl halides is 3. The first-order chi connectivity index (χ1) is 9.77. The lowest BCUT2D eigenvalue weighted by Gasteiger charge is -2.09. The van der Waals surface area contributed by atoms with Crippen molar-refractivity contribution < 1.29 is 17.4 Å². The van der Waals surface area contributed by atoms with Gasteiger partial charge in [0.2, 0.25) is 0 Å². The predicted octanol–water partition coefficient (Wildman–Crippen LogP) is 4.25. The lowest BCUT2D eigenvalue weighted by molar-refractivity contribution is -0.137. The Bertz CT molecular complexity index is 671. The Morgan fingerprint density at radius 1 is 1.10 bits per heavy atom. The van der Waals surface area contributed by atoms with E-state index in [1.165, 1.54) is 18.2 Å². The molecule has 1 unspecified atom stereocenters. The standard InChI is InChI=1S/C14H11ClF3NOS/c15-11-5-6-13(12(19)7-11)21(20)8-9-1-3-10(4-2-9)14(16,17)18/h1-7H,8,19H2. The molecule has 0 aliphatic carbocycles. The van der Waals surface area contributed by atoms with Crippen molar-refractivity contribution in [3.8, 4) is 0 Å². The minimum atomic E-state index is -4.38. The summed E-state index contributed by atoms with van der Waals surface area (Å²) in [5, 5.41) is 0.433. The Balaban J connectivity index is 2.16. The zero-order chi connectivity index (χ0) is 15.6. The molecule has 2 nitrogen and oxygen atoms in total. The molecule has 112 valence electrons. The van der Waals surface area contributed by atoms with Crippen LogP contribution in [0.25, 0.3) is 0 Å². The maximum absolute atomic E-state index is 12.4. The zero-order valence-corrected chi connectivity index (χ0v) is 12.2. The van der Waals surface area contributed by atoms with Crippen LogP contribution in [0.5, 0.6) is 0 Å². The molecular formula is C14H11ClF3NOS. The van der Waals surface area contributed by atoms with E-state index in [1.807, 2.05) is 0 Å². The first-order valence-corrected chi connectivity index (χ1v) is 7.56. The van der Waals surface area contributed by atoms with Gasteiger partial charge in [-0.05, 0) is 35.9 Å². The highest BCUT2D eigenvalue weighted by Gasteiger charge is 2.29. The van der Waals surface area contributed by atoms with E-state index < -0.39 is 22.5 Å². The van der Waals surface area contributed by atoms with Crippen LogP contribution in [-0.2, 0) is 22.7 Å². The van der Waals surface area contributed by atoms with Gasteiger partial charge in [-0.1, -0.05) is 23.7 Å². The number of rotatable bonds is 3. The van der Waals surface area contributed by atoms with E-state index in [1.54, 1.807) is 12.1 Å². The molecule has 1 atom stereocenters. The summed E-state index contributed by atoms with van der Waals surface area (Å²) in [6, 6.07) is 9.17. The summed E-state index contributed by atoms with van der Waals surface area (Å²) < 4.78 is 49.5. The van der Waals surface area contributed by atoms with Gasteiger partial charge in [-0.2, -0.15) is 13.2 Å². The third kappa shape index (κ3) is 3.98. The number of halogens is 4. The van der Waals surface area contributed by atoms with Crippen molar-refractivity contribution in [2.45, 2.75) is 16.8 Å². The van der Waals surface area contributed by atoms with Gasteiger partial charge in [0.1, 0.15) is 0 Å². The Morgan fingerprint density at radius 2 is 1.71 bits per heavy atom. The maximum Gasteiger partial charge on any atom is 0.416 e. The molecule has 0 saturated carbocycles. The third-order valence-corrected chi connectivity index (χ3v) is 4.49. The monoisotopic (exact) mass is 333 g/mol. The first kappa shape index (κ1) is 15.9. The van der Waals surface area contributed by atoms with E-state index in [2.05, 4.69) is 0 Å². The maximum atomic E-state index is 12.4. The van der Waals surface area contributed by atoms with Crippen molar-refractivity contribution in [3.05, 3.63) is 58.6 Å². The molecule has 2 aromatic carbocycles. The Kier molecular flexibility index (Phi) is 4.58. The van der Waals surface area contributed by atoms with E-state index >= 15 is 0 Å². The van der Waals surface area contributed by atoms with Crippen LogP contribution < -0.4 is 5.73 Å². The molecule has 0 spiro atoms. The van der Waals surface area contributed by atoms with Crippen LogP contribution in [0.1, 0.15) is 11.1 Å². The van der Waals surface area contributed by atoms with Crippen molar-refractivity contribution in [2.24, 2.45) is 0 Å². The van der Waals surface area contributed by atoms with Gasteiger partial charge in [-0.3, -0.25) is 4.21 Å². The summed E-state index contributed by atoms with van der Waals surface area (Å²) in [6.07, 6.45) is -4.38. The van der Waals surface area contributed by atoms with Crippen LogP contribution in [0.3, 0.4) is 0 Å². The van der Waals surface area contributed by atoms with Gasteiger partial charge in [-0.25, -0.2) is 0 Å². The van der Waals surface area contributed by atoms with Crippen LogP contribution in [0.15, 0.2) is 47.4 Å². The molecule has 0 aliphatic rings. The van der Waals surface area contributed by atoms with Crippen LogP contribution in [0, 0.1) is 0 Å². The highest BCUT2D eigenvalue weighted by Crippen LogP contribution is 2.29. The largest absolute Gasteiger partial charge is 0.416 e. The lowest BCUT2D eigenvalue weighted by Crippen LogP contribution is -2.05. The van der Waals surface area contributed by atoms with Crippen molar-refractivity contribution in [1.29, 1.82) is 0 Å². The van der Waals surface area contributed by atoms with Gasteiger partial charge in [-0.15, -0.1) is 0 Å². The van der Waals surface area contributed by atoms with Gasteiger partial charge in [0.15, 0.2) is 0 Å². The highest BCUT2D eigenvalue weighted by atomic mass is 35.5. The second-order valence-corrected chi connectivity index (χ2v) is 6.22. The summed E-state index contributed by atoms with van der Waals surface area (Å²) in [6.45, 7) is 0. The second kappa shape index (κ2) is 6.07. The Morgan fingerprint density at radius 3 is 2.24 bits per heavy atom. The van der Waals surface area contributed by atoms with E-state index in [0.717, 1.165) is 12.1 Å². The molecule has 0 aliphatic heterocycles. The topological polar surface area (TPSA) is 43.1 Å². The molecule has 0 fully saturated rings. The summed E-state index contributed by atoms with van der Waals surface area (Å²) in [4.78, 5) is 0.416. The van der Waals surface area contributed by atoms with E-state index in [0.29, 0.717) is 21.2 Å². The summed E-state index contributed by atoms with van der Waals surface area (Å²) in [5.74, 6) is 0.0873. The van der Waals surface area contributed by atoms with Gasteiger partial charge in [0.25, 0.3) is 0 Å². The molecule has 2 aromatic rings. The van der Waals surface area contributed by atoms with Crippen molar-refractivity contribution >= 4 is 28.1 Å². The van der Waals surface area contributed by atoms with Crippen molar-refractivity contribution in [2.75, 3.05) is 5.73 Å². The van der Waals surface area contributed by atoms with Gasteiger partial charge in [0.05, 0.1) is 27.0 Å². The molecule has 21 heavy (non-hydrogen) atoms. The van der Waals surface area contributed by atoms with Crippen LogP contribution in [0.4, 0.5) is 18.9 Å². The van der Waals surface area contributed by atoms with Crippen LogP contribution >= 0.6 is 11.6 Å². The third-order valence-electron chi connectivity index (χ3n) is 2.80. The molecule has 2 N–H and O–H groups in total. The molecule has 2 rings (SSSR count). The predicted molar refractivity (Wildman–Crippen MR) is 77.4 cm³/mol. The summed E-state index contributed by atoms with van der Waals surface area (Å²) in [5.41, 5.74) is 5.83. The van der Waals surface area contributed by atoms with Crippen LogP contribution in [0.2, 0.25) is 5.02 Å². The van der Waals surface area contributed by atoms with Crippen molar-refractivity contribution in [1.82, 2.24) is 0 Å². The number of hydrogen-bond donors (Lipinski definition) is 1. The molecule has 0 heterocycles. The van der Waals surface area contributed by atoms with Crippen molar-refractivity contribution in [3.63, 3.8) is 0 Å². The normalized spacial score (nSPS) is 13.1. The molecule has 0 amide bonds. The molecule has 0 radical (unpaired) electrons. The minimum absolute atomic E-state index is 0.0873. The van der Waals surface area contributed by atoms with Crippen LogP contribution in [-0.4, -0.2) is 4.21 Å². The SMILES string of the molecule is Nc1cc(Cl)ccc1S(=O)Cc1ccc(C(F)(F)F)cc1. The van der Waals surface area contributed by atoms with E-state index in [9.17, 15) is 17.4 Å². The molecule has 0 saturated heterocycles. The lowest BCUT2D eigenvalue weighted by atomic mass is 10.1. The zero-order valence-electron chi connectivity index (χ0n) is 10.7. The van der Waals surface area contributed by atoms with Gasteiger partial charge >= 0.3 is 6.18 Å². The Hall–Kier alpha value is -1.53. The van der Waals surface area contributed by atoms with E-state index in [4.69, 9.17) is 17.3 Å². The van der Waals surface area contributed by atoms with E-state index in [-0.39, 0.29) is 5.75 Å². The quantitative estimate of drug-likeness (QED) is 0.853. The van der Waals surface area contributed by atoms with Gasteiger partial charge in [0, 0.05) is 10.7 Å². The molecular weight excluding hydrogens is 323 g/mol. The number of anilines is 1. The smallest absolute Gasteiger partial charge is 0.398 e. The minimum Gasteiger partial charge on any atom is -0.398 e. The number of hydrogen-bond acceptors (Lipinski definition) is 2. The number of benzene rings is 2. The Labute approximate surface area is 127 Å². The second-order valence-electron chi connectivity index (χ2n) is 4.37. The fraction of sp³-hybridized carbons (Fsp3) is 0.143. The highest BCUT2D eigenvalue weighted by molar-refractivity contribution is 7.84. The molecule has 0 bridgehead atoms. The number of nitrogens with two attached hydrogens (primary N) is 1. The summed E-state index contributed by atoms with van der Waals surface area (Å²) >= 11 is 5.76. The van der Waals surface area contributed by atoms with Gasteiger partial charge < -0.3 is 5.73 Å². The fourth-order valence-corrected chi connectivity index (χ4v) is 3.12. The fourth-order valence-electron chi connectivity index (χ4n) is 1.75. The first-order valence-electron chi connectivity index (χ1n) is 5.87. The summed E-state index contributed by atoms with van der Waals surface area (Å²) in [7, 11) is -1.45.